The molecule has 0 saturated carbocycles. The zero-order valence-corrected chi connectivity index (χ0v) is 6.91. The predicted molar refractivity (Wildman–Crippen MR) is 38.8 cm³/mol. The normalized spacial score (nSPS) is 16.9. The zero-order chi connectivity index (χ0) is 10.8. The third-order valence-electron chi connectivity index (χ3n) is 1.42. The molecule has 1 amide bonds. The van der Waals surface area contributed by atoms with Crippen LogP contribution in [-0.2, 0) is 4.74 Å². The van der Waals surface area contributed by atoms with Crippen LogP contribution in [0.15, 0.2) is 4.99 Å². The molecule has 1 heterocycles. The van der Waals surface area contributed by atoms with Crippen LogP contribution in [0.1, 0.15) is 6.42 Å². The van der Waals surface area contributed by atoms with Crippen LogP contribution in [0.3, 0.4) is 0 Å². The van der Waals surface area contributed by atoms with E-state index in [-0.39, 0.29) is 13.2 Å². The van der Waals surface area contributed by atoms with Gasteiger partial charge in [0.2, 0.25) is 0 Å². The topological polar surface area (TPSA) is 62.1 Å². The molecule has 0 unspecified atom stereocenters. The van der Waals surface area contributed by atoms with E-state index >= 15 is 0 Å². The number of halogens is 3. The van der Waals surface area contributed by atoms with E-state index in [9.17, 15) is 18.0 Å². The first-order chi connectivity index (χ1) is 6.43. The van der Waals surface area contributed by atoms with Crippen LogP contribution >= 0.6 is 0 Å². The lowest BCUT2D eigenvalue weighted by molar-refractivity contribution is -0.209. The van der Waals surface area contributed by atoms with Gasteiger partial charge in [-0.05, 0) is 0 Å². The number of rotatable bonds is 0. The van der Waals surface area contributed by atoms with E-state index in [2.05, 4.69) is 9.73 Å². The Balaban J connectivity index is 2.87. The number of hydrogen-bond acceptors (Lipinski definition) is 3. The molecule has 0 saturated heterocycles. The SMILES string of the molecule is O=C(O)N(C1=NCCCO1)C(F)(F)F. The van der Waals surface area contributed by atoms with E-state index in [0.717, 1.165) is 0 Å². The maximum atomic E-state index is 12.1. The van der Waals surface area contributed by atoms with Crippen LogP contribution in [0.2, 0.25) is 0 Å². The Morgan fingerprint density at radius 1 is 1.57 bits per heavy atom. The van der Waals surface area contributed by atoms with Crippen LogP contribution in [0.4, 0.5) is 18.0 Å². The molecule has 0 fully saturated rings. The lowest BCUT2D eigenvalue weighted by Gasteiger charge is -2.24. The second-order valence-corrected chi connectivity index (χ2v) is 2.45. The minimum Gasteiger partial charge on any atom is -0.465 e. The van der Waals surface area contributed by atoms with Crippen LogP contribution in [0.5, 0.6) is 0 Å². The summed E-state index contributed by atoms with van der Waals surface area (Å²) in [5.41, 5.74) is 0. The Labute approximate surface area is 76.8 Å². The third kappa shape index (κ3) is 2.27. The summed E-state index contributed by atoms with van der Waals surface area (Å²) in [5.74, 6) is 0. The average Bonchev–Trinajstić information content (AvgIpc) is 2.02. The average molecular weight is 212 g/mol. The number of ether oxygens (including phenoxy) is 1. The zero-order valence-electron chi connectivity index (χ0n) is 6.91. The van der Waals surface area contributed by atoms with Crippen LogP contribution < -0.4 is 0 Å². The highest BCUT2D eigenvalue weighted by Gasteiger charge is 2.46. The fourth-order valence-electron chi connectivity index (χ4n) is 0.882. The van der Waals surface area contributed by atoms with Crippen molar-refractivity contribution in [1.29, 1.82) is 0 Å². The molecule has 0 aromatic rings. The monoisotopic (exact) mass is 212 g/mol. The molecule has 0 bridgehead atoms. The quantitative estimate of drug-likeness (QED) is 0.615. The van der Waals surface area contributed by atoms with E-state index in [4.69, 9.17) is 5.11 Å². The lowest BCUT2D eigenvalue weighted by Crippen LogP contribution is -2.48. The largest absolute Gasteiger partial charge is 0.498 e. The highest BCUT2D eigenvalue weighted by Crippen LogP contribution is 2.23. The summed E-state index contributed by atoms with van der Waals surface area (Å²) in [6.07, 6.45) is -6.70. The van der Waals surface area contributed by atoms with E-state index in [1.165, 1.54) is 0 Å². The van der Waals surface area contributed by atoms with Crippen molar-refractivity contribution in [2.75, 3.05) is 13.2 Å². The van der Waals surface area contributed by atoms with Gasteiger partial charge in [0, 0.05) is 13.0 Å². The molecule has 1 N–H and O–H groups in total. The van der Waals surface area contributed by atoms with E-state index < -0.39 is 23.3 Å². The van der Waals surface area contributed by atoms with Crippen LogP contribution in [-0.4, -0.2) is 41.6 Å². The summed E-state index contributed by atoms with van der Waals surface area (Å²) in [6.45, 7) is 0.174. The van der Waals surface area contributed by atoms with Crippen molar-refractivity contribution in [3.8, 4) is 0 Å². The number of amidine groups is 1. The molecule has 0 aromatic carbocycles. The van der Waals surface area contributed by atoms with E-state index in [1.807, 2.05) is 0 Å². The van der Waals surface area contributed by atoms with Crippen LogP contribution in [0.25, 0.3) is 0 Å². The summed E-state index contributed by atoms with van der Waals surface area (Å²) in [4.78, 5) is 12.8. The number of carbonyl (C=O) groups is 1. The smallest absolute Gasteiger partial charge is 0.465 e. The second kappa shape index (κ2) is 3.72. The van der Waals surface area contributed by atoms with Crippen LogP contribution in [0, 0.1) is 0 Å². The molecule has 5 nitrogen and oxygen atoms in total. The number of aliphatic imine (C=N–C) groups is 1. The van der Waals surface area contributed by atoms with Gasteiger partial charge in [-0.15, -0.1) is 18.1 Å². The van der Waals surface area contributed by atoms with Crippen molar-refractivity contribution < 1.29 is 27.8 Å². The molecule has 8 heteroatoms. The minimum absolute atomic E-state index is 0.0404. The summed E-state index contributed by atoms with van der Waals surface area (Å²) >= 11 is 0. The summed E-state index contributed by atoms with van der Waals surface area (Å²) in [7, 11) is 0. The molecule has 1 aliphatic rings. The standard InChI is InChI=1S/C6H7F3N2O3/c7-6(8,9)11(5(12)13)4-10-2-1-3-14-4/h1-3H2,(H,12,13). The Kier molecular flexibility index (Phi) is 2.82. The fourth-order valence-corrected chi connectivity index (χ4v) is 0.882. The van der Waals surface area contributed by atoms with Crippen molar-refractivity contribution in [1.82, 2.24) is 4.90 Å². The van der Waals surface area contributed by atoms with Gasteiger partial charge in [-0.3, -0.25) is 0 Å². The Hall–Kier alpha value is -1.47. The third-order valence-corrected chi connectivity index (χ3v) is 1.42. The van der Waals surface area contributed by atoms with Gasteiger partial charge in [-0.1, -0.05) is 0 Å². The molecule has 1 aliphatic heterocycles. The molecule has 14 heavy (non-hydrogen) atoms. The molecule has 0 atom stereocenters. The van der Waals surface area contributed by atoms with Gasteiger partial charge in [-0.2, -0.15) is 0 Å². The molecule has 0 aliphatic carbocycles. The fraction of sp³-hybridized carbons (Fsp3) is 0.667. The van der Waals surface area contributed by atoms with Crippen molar-refractivity contribution >= 4 is 12.1 Å². The highest BCUT2D eigenvalue weighted by atomic mass is 19.4. The molecule has 0 spiro atoms. The summed E-state index contributed by atoms with van der Waals surface area (Å²) in [5, 5.41) is 8.31. The molecule has 0 radical (unpaired) electrons. The van der Waals surface area contributed by atoms with Gasteiger partial charge in [0.15, 0.2) is 0 Å². The van der Waals surface area contributed by atoms with Crippen molar-refractivity contribution in [2.24, 2.45) is 4.99 Å². The molecule has 1 rings (SSSR count). The first-order valence-corrected chi connectivity index (χ1v) is 3.70. The Morgan fingerprint density at radius 3 is 2.57 bits per heavy atom. The summed E-state index contributed by atoms with van der Waals surface area (Å²) < 4.78 is 40.9. The van der Waals surface area contributed by atoms with E-state index in [1.54, 1.807) is 0 Å². The lowest BCUT2D eigenvalue weighted by atomic mass is 10.4. The summed E-state index contributed by atoms with van der Waals surface area (Å²) in [6, 6.07) is -0.906. The number of hydrogen-bond donors (Lipinski definition) is 1. The molecular formula is C6H7F3N2O3. The van der Waals surface area contributed by atoms with Crippen molar-refractivity contribution in [2.45, 2.75) is 12.7 Å². The first-order valence-electron chi connectivity index (χ1n) is 3.70. The van der Waals surface area contributed by atoms with Gasteiger partial charge in [0.1, 0.15) is 0 Å². The molecule has 0 aromatic heterocycles. The Bertz CT molecular complexity index is 264. The number of amides is 1. The Morgan fingerprint density at radius 2 is 2.21 bits per heavy atom. The van der Waals surface area contributed by atoms with Gasteiger partial charge in [-0.25, -0.2) is 9.79 Å². The van der Waals surface area contributed by atoms with Gasteiger partial charge < -0.3 is 9.84 Å². The number of alkyl halides is 3. The van der Waals surface area contributed by atoms with E-state index in [0.29, 0.717) is 6.42 Å². The predicted octanol–water partition coefficient (Wildman–Crippen LogP) is 1.26. The van der Waals surface area contributed by atoms with Gasteiger partial charge in [0.05, 0.1) is 6.61 Å². The maximum Gasteiger partial charge on any atom is 0.498 e. The molecule has 80 valence electrons. The van der Waals surface area contributed by atoms with Gasteiger partial charge >= 0.3 is 18.4 Å². The first kappa shape index (κ1) is 10.6. The minimum atomic E-state index is -5.03. The number of nitrogens with zero attached hydrogens (tertiary/aromatic N) is 2. The van der Waals surface area contributed by atoms with Crippen molar-refractivity contribution in [3.05, 3.63) is 0 Å². The number of carboxylic acid groups (broad SMARTS) is 1. The highest BCUT2D eigenvalue weighted by molar-refractivity contribution is 5.90. The second-order valence-electron chi connectivity index (χ2n) is 2.45. The maximum absolute atomic E-state index is 12.1. The van der Waals surface area contributed by atoms with Gasteiger partial charge in [0.25, 0.3) is 0 Å². The van der Waals surface area contributed by atoms with Crippen molar-refractivity contribution in [3.63, 3.8) is 0 Å². The molecular weight excluding hydrogens is 205 g/mol.